The van der Waals surface area contributed by atoms with Crippen LogP contribution in [0.3, 0.4) is 0 Å². The Kier molecular flexibility index (Phi) is 3.44. The lowest BCUT2D eigenvalue weighted by molar-refractivity contribution is 0.102. The predicted octanol–water partition coefficient (Wildman–Crippen LogP) is 3.29. The molecule has 0 unspecified atom stereocenters. The quantitative estimate of drug-likeness (QED) is 0.944. The third-order valence-corrected chi connectivity index (χ3v) is 4.52. The number of carbonyl (C=O) groups is 1. The molecule has 1 aromatic heterocycles. The van der Waals surface area contributed by atoms with Gasteiger partial charge in [0, 0.05) is 11.1 Å². The Morgan fingerprint density at radius 3 is 2.87 bits per heavy atom. The van der Waals surface area contributed by atoms with Crippen LogP contribution in [0.2, 0.25) is 0 Å². The van der Waals surface area contributed by atoms with E-state index in [2.05, 4.69) is 10.4 Å². The summed E-state index contributed by atoms with van der Waals surface area (Å²) in [6, 6.07) is 5.60. The van der Waals surface area contributed by atoms with Crippen molar-refractivity contribution in [2.24, 2.45) is 0 Å². The summed E-state index contributed by atoms with van der Waals surface area (Å²) >= 11 is 0. The second kappa shape index (κ2) is 5.61. The number of aryl methyl sites for hydroxylation is 1. The van der Waals surface area contributed by atoms with Crippen molar-refractivity contribution in [1.82, 2.24) is 9.78 Å². The van der Waals surface area contributed by atoms with Crippen molar-refractivity contribution in [3.63, 3.8) is 0 Å². The minimum Gasteiger partial charge on any atom is -0.454 e. The van der Waals surface area contributed by atoms with E-state index in [4.69, 9.17) is 9.47 Å². The number of benzene rings is 1. The highest BCUT2D eigenvalue weighted by Crippen LogP contribution is 2.34. The third-order valence-electron chi connectivity index (χ3n) is 4.52. The smallest absolute Gasteiger partial charge is 0.256 e. The molecular formula is C17H19N3O3. The molecule has 120 valence electrons. The third kappa shape index (κ3) is 2.54. The van der Waals surface area contributed by atoms with Crippen LogP contribution in [-0.2, 0) is 0 Å². The molecular weight excluding hydrogens is 294 g/mol. The molecule has 1 saturated carbocycles. The van der Waals surface area contributed by atoms with Gasteiger partial charge in [-0.05, 0) is 38.0 Å². The molecule has 6 nitrogen and oxygen atoms in total. The Morgan fingerprint density at radius 1 is 1.26 bits per heavy atom. The molecule has 1 aliphatic heterocycles. The molecule has 1 N–H and O–H groups in total. The molecule has 6 heteroatoms. The van der Waals surface area contributed by atoms with Crippen LogP contribution in [0, 0.1) is 6.92 Å². The molecule has 1 fully saturated rings. The minimum absolute atomic E-state index is 0.161. The lowest BCUT2D eigenvalue weighted by Crippen LogP contribution is -2.18. The Labute approximate surface area is 134 Å². The summed E-state index contributed by atoms with van der Waals surface area (Å²) in [5, 5.41) is 7.47. The molecule has 0 saturated heterocycles. The number of hydrogen-bond acceptors (Lipinski definition) is 4. The summed E-state index contributed by atoms with van der Waals surface area (Å²) < 4.78 is 12.6. The van der Waals surface area contributed by atoms with Crippen molar-refractivity contribution in [3.05, 3.63) is 35.5 Å². The maximum absolute atomic E-state index is 12.6. The van der Waals surface area contributed by atoms with Crippen LogP contribution in [0.25, 0.3) is 0 Å². The van der Waals surface area contributed by atoms with E-state index in [0.29, 0.717) is 23.1 Å². The molecule has 2 aliphatic rings. The first kappa shape index (κ1) is 14.1. The summed E-state index contributed by atoms with van der Waals surface area (Å²) in [6.07, 6.45) is 6.49. The number of aromatic nitrogens is 2. The zero-order valence-corrected chi connectivity index (χ0v) is 13.0. The van der Waals surface area contributed by atoms with Crippen LogP contribution in [0.4, 0.5) is 5.82 Å². The Morgan fingerprint density at radius 2 is 2.04 bits per heavy atom. The standard InChI is InChI=1S/C17H19N3O3/c1-11-9-18-20(13-4-2-3-5-13)16(11)19-17(21)12-6-7-14-15(8-12)23-10-22-14/h6-9,13H,2-5,10H2,1H3,(H,19,21). The number of nitrogens with zero attached hydrogens (tertiary/aromatic N) is 2. The minimum atomic E-state index is -0.161. The largest absolute Gasteiger partial charge is 0.454 e. The maximum atomic E-state index is 12.6. The number of hydrogen-bond donors (Lipinski definition) is 1. The van der Waals surface area contributed by atoms with Gasteiger partial charge in [0.1, 0.15) is 5.82 Å². The fourth-order valence-corrected chi connectivity index (χ4v) is 3.25. The van der Waals surface area contributed by atoms with Crippen LogP contribution in [0.1, 0.15) is 47.6 Å². The van der Waals surface area contributed by atoms with Crippen LogP contribution in [0.15, 0.2) is 24.4 Å². The van der Waals surface area contributed by atoms with E-state index in [1.807, 2.05) is 17.8 Å². The van der Waals surface area contributed by atoms with Gasteiger partial charge in [-0.2, -0.15) is 5.10 Å². The number of rotatable bonds is 3. The van der Waals surface area contributed by atoms with Gasteiger partial charge in [-0.1, -0.05) is 12.8 Å². The second-order valence-electron chi connectivity index (χ2n) is 6.08. The van der Waals surface area contributed by atoms with E-state index in [-0.39, 0.29) is 12.7 Å². The second-order valence-corrected chi connectivity index (χ2v) is 6.08. The van der Waals surface area contributed by atoms with E-state index in [0.717, 1.165) is 24.2 Å². The van der Waals surface area contributed by atoms with Crippen molar-refractivity contribution in [1.29, 1.82) is 0 Å². The highest BCUT2D eigenvalue weighted by molar-refractivity contribution is 6.04. The summed E-state index contributed by atoms with van der Waals surface area (Å²) in [7, 11) is 0. The topological polar surface area (TPSA) is 65.4 Å². The molecule has 1 aromatic carbocycles. The molecule has 0 spiro atoms. The highest BCUT2D eigenvalue weighted by atomic mass is 16.7. The van der Waals surface area contributed by atoms with E-state index < -0.39 is 0 Å². The van der Waals surface area contributed by atoms with Crippen LogP contribution in [-0.4, -0.2) is 22.5 Å². The average Bonchev–Trinajstić information content (AvgIpc) is 3.28. The predicted molar refractivity (Wildman–Crippen MR) is 85.0 cm³/mol. The summed E-state index contributed by atoms with van der Waals surface area (Å²) in [5.41, 5.74) is 1.53. The van der Waals surface area contributed by atoms with Gasteiger partial charge in [0.15, 0.2) is 11.5 Å². The van der Waals surface area contributed by atoms with Gasteiger partial charge < -0.3 is 14.8 Å². The normalized spacial score (nSPS) is 16.7. The SMILES string of the molecule is Cc1cnn(C2CCCC2)c1NC(=O)c1ccc2c(c1)OCO2. The first-order valence-electron chi connectivity index (χ1n) is 7.97. The molecule has 0 bridgehead atoms. The fourth-order valence-electron chi connectivity index (χ4n) is 3.25. The number of nitrogens with one attached hydrogen (secondary N) is 1. The van der Waals surface area contributed by atoms with Gasteiger partial charge in [0.2, 0.25) is 6.79 Å². The summed E-state index contributed by atoms with van der Waals surface area (Å²) in [6.45, 7) is 2.17. The van der Waals surface area contributed by atoms with Gasteiger partial charge >= 0.3 is 0 Å². The fraction of sp³-hybridized carbons (Fsp3) is 0.412. The van der Waals surface area contributed by atoms with Gasteiger partial charge in [0.25, 0.3) is 5.91 Å². The van der Waals surface area contributed by atoms with Crippen molar-refractivity contribution in [3.8, 4) is 11.5 Å². The first-order valence-corrected chi connectivity index (χ1v) is 7.97. The van der Waals surface area contributed by atoms with Crippen molar-refractivity contribution in [2.45, 2.75) is 38.6 Å². The van der Waals surface area contributed by atoms with Crippen LogP contribution < -0.4 is 14.8 Å². The van der Waals surface area contributed by atoms with E-state index >= 15 is 0 Å². The molecule has 2 aromatic rings. The summed E-state index contributed by atoms with van der Waals surface area (Å²) in [5.74, 6) is 1.91. The molecule has 2 heterocycles. The van der Waals surface area contributed by atoms with Crippen LogP contribution in [0.5, 0.6) is 11.5 Å². The van der Waals surface area contributed by atoms with E-state index in [9.17, 15) is 4.79 Å². The van der Waals surface area contributed by atoms with Crippen molar-refractivity contribution >= 4 is 11.7 Å². The monoisotopic (exact) mass is 313 g/mol. The molecule has 23 heavy (non-hydrogen) atoms. The lowest BCUT2D eigenvalue weighted by Gasteiger charge is -2.15. The van der Waals surface area contributed by atoms with E-state index in [1.54, 1.807) is 18.2 Å². The molecule has 0 atom stereocenters. The summed E-state index contributed by atoms with van der Waals surface area (Å²) in [4.78, 5) is 12.6. The van der Waals surface area contributed by atoms with Gasteiger partial charge in [-0.3, -0.25) is 4.79 Å². The number of carbonyl (C=O) groups excluding carboxylic acids is 1. The van der Waals surface area contributed by atoms with Crippen molar-refractivity contribution in [2.75, 3.05) is 12.1 Å². The zero-order chi connectivity index (χ0) is 15.8. The Bertz CT molecular complexity index is 748. The number of fused-ring (bicyclic) bond motifs is 1. The van der Waals surface area contributed by atoms with Crippen LogP contribution >= 0.6 is 0 Å². The average molecular weight is 313 g/mol. The lowest BCUT2D eigenvalue weighted by atomic mass is 10.2. The number of ether oxygens (including phenoxy) is 2. The molecule has 4 rings (SSSR count). The highest BCUT2D eigenvalue weighted by Gasteiger charge is 2.23. The molecule has 1 amide bonds. The first-order chi connectivity index (χ1) is 11.2. The molecule has 1 aliphatic carbocycles. The number of amides is 1. The maximum Gasteiger partial charge on any atom is 0.256 e. The number of anilines is 1. The Balaban J connectivity index is 1.58. The van der Waals surface area contributed by atoms with Crippen molar-refractivity contribution < 1.29 is 14.3 Å². The van der Waals surface area contributed by atoms with E-state index in [1.165, 1.54) is 12.8 Å². The van der Waals surface area contributed by atoms with Gasteiger partial charge in [0.05, 0.1) is 12.2 Å². The zero-order valence-electron chi connectivity index (χ0n) is 13.0. The molecule has 0 radical (unpaired) electrons. The van der Waals surface area contributed by atoms with Gasteiger partial charge in [-0.25, -0.2) is 4.68 Å². The Hall–Kier alpha value is -2.50. The van der Waals surface area contributed by atoms with Gasteiger partial charge in [-0.15, -0.1) is 0 Å².